The number of nitrogens with two attached hydrogens (primary N) is 1. The first-order valence-electron chi connectivity index (χ1n) is 16.4. The zero-order valence-electron chi connectivity index (χ0n) is 26.6. The van der Waals surface area contributed by atoms with E-state index < -0.39 is 30.2 Å². The highest BCUT2D eigenvalue weighted by atomic mass is 35.5. The third-order valence-corrected chi connectivity index (χ3v) is 11.8. The van der Waals surface area contributed by atoms with E-state index in [0.29, 0.717) is 18.9 Å². The van der Waals surface area contributed by atoms with Crippen molar-refractivity contribution < 1.29 is 31.8 Å². The number of alkyl halides is 2. The maximum Gasteiger partial charge on any atom is 0.319 e. The van der Waals surface area contributed by atoms with Crippen molar-refractivity contribution in [1.29, 1.82) is 5.26 Å². The molecule has 49 heavy (non-hydrogen) atoms. The summed E-state index contributed by atoms with van der Waals surface area (Å²) in [5.74, 6) is -0.639. The van der Waals surface area contributed by atoms with Gasteiger partial charge in [0, 0.05) is 30.5 Å². The zero-order chi connectivity index (χ0) is 34.2. The lowest BCUT2D eigenvalue weighted by molar-refractivity contribution is -0.0548. The first-order valence-corrected chi connectivity index (χ1v) is 17.6. The number of hydrogen-bond acceptors (Lipinski definition) is 10. The van der Waals surface area contributed by atoms with Crippen LogP contribution in [0.2, 0.25) is 5.02 Å². The predicted molar refractivity (Wildman–Crippen MR) is 179 cm³/mol. The number of nitriles is 1. The number of fused-ring (bicyclic) bond motifs is 4. The van der Waals surface area contributed by atoms with Crippen LogP contribution in [0.25, 0.3) is 32.1 Å². The average molecular weight is 717 g/mol. The smallest absolute Gasteiger partial charge is 0.319 e. The van der Waals surface area contributed by atoms with Crippen LogP contribution in [-0.4, -0.2) is 78.4 Å². The predicted octanol–water partition coefficient (Wildman–Crippen LogP) is 7.16. The monoisotopic (exact) mass is 716 g/mol. The minimum absolute atomic E-state index is 0.00760. The number of ether oxygens (including phenoxy) is 3. The average Bonchev–Trinajstić information content (AvgIpc) is 3.65. The van der Waals surface area contributed by atoms with E-state index in [0.717, 1.165) is 43.7 Å². The fraction of sp³-hybridized carbons (Fsp3) is 0.500. The molecule has 9 nitrogen and oxygen atoms in total. The molecule has 4 atom stereocenters. The van der Waals surface area contributed by atoms with Crippen LogP contribution in [0, 0.1) is 28.9 Å². The summed E-state index contributed by atoms with van der Waals surface area (Å²) in [6.07, 6.45) is -0.609. The minimum atomic E-state index is -2.67. The number of rotatable bonds is 5. The van der Waals surface area contributed by atoms with Gasteiger partial charge in [-0.25, -0.2) is 17.6 Å². The van der Waals surface area contributed by atoms with E-state index in [4.69, 9.17) is 36.5 Å². The maximum absolute atomic E-state index is 17.3. The van der Waals surface area contributed by atoms with Crippen LogP contribution < -0.4 is 20.1 Å². The topological polar surface area (TPSA) is 110 Å². The number of nitrogens with zero attached hydrogens (tertiary/aromatic N) is 5. The Morgan fingerprint density at radius 2 is 2.06 bits per heavy atom. The highest BCUT2D eigenvalue weighted by Crippen LogP contribution is 2.51. The van der Waals surface area contributed by atoms with Gasteiger partial charge < -0.3 is 24.8 Å². The summed E-state index contributed by atoms with van der Waals surface area (Å²) in [5.41, 5.74) is 5.77. The molecule has 4 aliphatic heterocycles. The van der Waals surface area contributed by atoms with E-state index in [9.17, 15) is 14.0 Å². The molecular formula is C34H33ClF4N6O3S. The molecule has 0 spiro atoms. The number of benzene rings is 2. The van der Waals surface area contributed by atoms with E-state index >= 15 is 8.78 Å². The third kappa shape index (κ3) is 5.23. The number of halogens is 5. The third-order valence-electron chi connectivity index (χ3n) is 10.5. The molecule has 8 rings (SSSR count). The van der Waals surface area contributed by atoms with Crippen LogP contribution in [0.15, 0.2) is 12.1 Å². The molecule has 0 aliphatic carbocycles. The standard InChI is InChI=1S/C34H33ClF4N6O3S/c1-16-11-34(7-2-8-44(34)13-16)15-48-33-42-27-24-28(46-10-6-17-14-47-21(30(38)39)5-9-45(17)32(24)43-33)25(35)23(26(27)37)18-3-4-20(36)29-22(18)19(12-40)31(41)49-29/h3-4,16-17,21,30H,2,5-11,13-15,41H2,1H3/t16-,17?,21?,34+/m1/s1. The second-order valence-electron chi connectivity index (χ2n) is 13.5. The number of anilines is 2. The second kappa shape index (κ2) is 12.3. The quantitative estimate of drug-likeness (QED) is 0.215. The highest BCUT2D eigenvalue weighted by Gasteiger charge is 2.48. The van der Waals surface area contributed by atoms with Gasteiger partial charge in [0.1, 0.15) is 40.9 Å². The molecule has 3 saturated heterocycles. The first-order chi connectivity index (χ1) is 23.6. The van der Waals surface area contributed by atoms with Crippen molar-refractivity contribution in [3.8, 4) is 29.0 Å². The van der Waals surface area contributed by atoms with Gasteiger partial charge in [0.15, 0.2) is 11.6 Å². The van der Waals surface area contributed by atoms with Gasteiger partial charge in [0.2, 0.25) is 0 Å². The van der Waals surface area contributed by atoms with Crippen molar-refractivity contribution >= 4 is 54.7 Å². The number of thiophene rings is 1. The van der Waals surface area contributed by atoms with Crippen LogP contribution in [-0.2, 0) is 4.74 Å². The Balaban J connectivity index is 1.34. The fourth-order valence-corrected chi connectivity index (χ4v) is 9.56. The van der Waals surface area contributed by atoms with Gasteiger partial charge >= 0.3 is 6.01 Å². The van der Waals surface area contributed by atoms with E-state index in [1.807, 2.05) is 11.0 Å². The van der Waals surface area contributed by atoms with Crippen molar-refractivity contribution in [1.82, 2.24) is 14.9 Å². The van der Waals surface area contributed by atoms with Gasteiger partial charge in [0.25, 0.3) is 6.43 Å². The zero-order valence-corrected chi connectivity index (χ0v) is 28.2. The molecule has 2 aromatic carbocycles. The van der Waals surface area contributed by atoms with Crippen LogP contribution in [0.5, 0.6) is 11.8 Å². The van der Waals surface area contributed by atoms with Gasteiger partial charge in [-0.2, -0.15) is 15.2 Å². The van der Waals surface area contributed by atoms with Crippen LogP contribution in [0.4, 0.5) is 28.4 Å². The molecule has 2 aromatic heterocycles. The van der Waals surface area contributed by atoms with E-state index in [1.54, 1.807) is 0 Å². The Hall–Kier alpha value is -3.64. The molecule has 2 N–H and O–H groups in total. The Labute approximate surface area is 288 Å². The molecular weight excluding hydrogens is 684 g/mol. The lowest BCUT2D eigenvalue weighted by atomic mass is 9.92. The maximum atomic E-state index is 17.3. The van der Waals surface area contributed by atoms with Crippen molar-refractivity contribution in [3.05, 3.63) is 34.4 Å². The molecule has 0 bridgehead atoms. The summed E-state index contributed by atoms with van der Waals surface area (Å²) in [6.45, 7) is 4.69. The molecule has 258 valence electrons. The van der Waals surface area contributed by atoms with E-state index in [1.165, 1.54) is 12.1 Å². The summed E-state index contributed by atoms with van der Waals surface area (Å²) in [5, 5.41) is 10.2. The fourth-order valence-electron chi connectivity index (χ4n) is 8.28. The molecule has 3 fully saturated rings. The SMILES string of the molecule is C[C@H]1CN2CCC[C@@]2(COc2nc3c4c(c(Cl)c(-c5ccc(F)c6sc(N)c(C#N)c56)c(F)c4n2)OCCC2COC(C(F)F)CCN32)C1. The summed E-state index contributed by atoms with van der Waals surface area (Å²) < 4.78 is 78.2. The normalized spacial score (nSPS) is 25.5. The molecule has 6 heterocycles. The van der Waals surface area contributed by atoms with Gasteiger partial charge in [-0.15, -0.1) is 11.3 Å². The van der Waals surface area contributed by atoms with Crippen LogP contribution in [0.3, 0.4) is 0 Å². The Kier molecular flexibility index (Phi) is 8.17. The van der Waals surface area contributed by atoms with Crippen molar-refractivity contribution in [2.75, 3.05) is 50.1 Å². The molecule has 4 aliphatic rings. The molecule has 4 aromatic rings. The first kappa shape index (κ1) is 32.6. The summed E-state index contributed by atoms with van der Waals surface area (Å²) in [6, 6.07) is 4.07. The summed E-state index contributed by atoms with van der Waals surface area (Å²) >= 11 is 7.92. The Morgan fingerprint density at radius 1 is 1.22 bits per heavy atom. The second-order valence-corrected chi connectivity index (χ2v) is 14.9. The number of nitrogen functional groups attached to an aromatic ring is 1. The molecule has 0 radical (unpaired) electrons. The van der Waals surface area contributed by atoms with Gasteiger partial charge in [-0.3, -0.25) is 4.90 Å². The van der Waals surface area contributed by atoms with Gasteiger partial charge in [-0.1, -0.05) is 24.6 Å². The molecule has 15 heteroatoms. The number of aromatic nitrogens is 2. The van der Waals surface area contributed by atoms with Crippen molar-refractivity contribution in [2.45, 2.75) is 63.1 Å². The van der Waals surface area contributed by atoms with Crippen LogP contribution >= 0.6 is 22.9 Å². The molecule has 2 unspecified atom stereocenters. The summed E-state index contributed by atoms with van der Waals surface area (Å²) in [4.78, 5) is 13.7. The minimum Gasteiger partial charge on any atom is -0.491 e. The lowest BCUT2D eigenvalue weighted by Gasteiger charge is -2.34. The molecule has 0 saturated carbocycles. The largest absolute Gasteiger partial charge is 0.491 e. The Bertz CT molecular complexity index is 2030. The molecule has 0 amide bonds. The van der Waals surface area contributed by atoms with Gasteiger partial charge in [0.05, 0.1) is 45.5 Å². The van der Waals surface area contributed by atoms with Crippen molar-refractivity contribution in [2.24, 2.45) is 5.92 Å². The number of hydrogen-bond donors (Lipinski definition) is 1. The van der Waals surface area contributed by atoms with Crippen molar-refractivity contribution in [3.63, 3.8) is 0 Å². The van der Waals surface area contributed by atoms with E-state index in [-0.39, 0.29) is 97.0 Å². The Morgan fingerprint density at radius 3 is 2.86 bits per heavy atom. The summed E-state index contributed by atoms with van der Waals surface area (Å²) in [7, 11) is 0. The van der Waals surface area contributed by atoms with Gasteiger partial charge in [-0.05, 0) is 49.8 Å². The van der Waals surface area contributed by atoms with Crippen LogP contribution in [0.1, 0.15) is 44.6 Å². The highest BCUT2D eigenvalue weighted by molar-refractivity contribution is 7.23. The lowest BCUT2D eigenvalue weighted by Crippen LogP contribution is -2.43. The van der Waals surface area contributed by atoms with E-state index in [2.05, 4.69) is 16.8 Å².